The minimum atomic E-state index is 0.0882. The molecule has 1 amide bonds. The van der Waals surface area contributed by atoms with E-state index >= 15 is 0 Å². The lowest BCUT2D eigenvalue weighted by atomic mass is 9.93. The standard InChI is InChI=1S/C20H28N4O2/c1-26-14-18(25)23-12-9-15(10-13-23)19-20(21-16-6-2-3-7-16)24-11-5-4-8-17(24)22-19/h4-5,8,11,15-16,21H,2-3,6-7,9-10,12-14H2,1H3. The Morgan fingerprint density at radius 3 is 2.73 bits per heavy atom. The number of imidazole rings is 1. The number of pyridine rings is 1. The van der Waals surface area contributed by atoms with Crippen molar-refractivity contribution in [3.05, 3.63) is 30.1 Å². The van der Waals surface area contributed by atoms with E-state index in [1.165, 1.54) is 31.4 Å². The van der Waals surface area contributed by atoms with E-state index in [1.807, 2.05) is 11.0 Å². The van der Waals surface area contributed by atoms with Gasteiger partial charge < -0.3 is 15.0 Å². The Morgan fingerprint density at radius 2 is 2.00 bits per heavy atom. The van der Waals surface area contributed by atoms with Crippen LogP contribution in [-0.2, 0) is 9.53 Å². The summed E-state index contributed by atoms with van der Waals surface area (Å²) in [5.41, 5.74) is 2.17. The number of fused-ring (bicyclic) bond motifs is 1. The Labute approximate surface area is 154 Å². The summed E-state index contributed by atoms with van der Waals surface area (Å²) in [6.45, 7) is 1.74. The van der Waals surface area contributed by atoms with Gasteiger partial charge in [0.25, 0.3) is 0 Å². The first kappa shape index (κ1) is 17.3. The second-order valence-corrected chi connectivity index (χ2v) is 7.49. The van der Waals surface area contributed by atoms with Crippen molar-refractivity contribution in [3.8, 4) is 0 Å². The highest BCUT2D eigenvalue weighted by atomic mass is 16.5. The summed E-state index contributed by atoms with van der Waals surface area (Å²) in [6, 6.07) is 6.72. The monoisotopic (exact) mass is 356 g/mol. The summed E-state index contributed by atoms with van der Waals surface area (Å²) in [5.74, 6) is 1.64. The first-order valence-electron chi connectivity index (χ1n) is 9.76. The maximum atomic E-state index is 12.0. The summed E-state index contributed by atoms with van der Waals surface area (Å²) in [6.07, 6.45) is 9.11. The summed E-state index contributed by atoms with van der Waals surface area (Å²) in [7, 11) is 1.57. The van der Waals surface area contributed by atoms with Crippen molar-refractivity contribution in [2.75, 3.05) is 32.1 Å². The van der Waals surface area contributed by atoms with Crippen molar-refractivity contribution in [3.63, 3.8) is 0 Å². The van der Waals surface area contributed by atoms with E-state index in [4.69, 9.17) is 9.72 Å². The average molecular weight is 356 g/mol. The number of likely N-dealkylation sites (tertiary alicyclic amines) is 1. The predicted molar refractivity (Wildman–Crippen MR) is 102 cm³/mol. The number of hydrogen-bond donors (Lipinski definition) is 1. The molecular weight excluding hydrogens is 328 g/mol. The number of aromatic nitrogens is 2. The molecule has 1 saturated heterocycles. The SMILES string of the molecule is COCC(=O)N1CCC(c2nc3ccccn3c2NC2CCCC2)CC1. The molecule has 4 rings (SSSR count). The molecule has 3 heterocycles. The van der Waals surface area contributed by atoms with E-state index in [-0.39, 0.29) is 12.5 Å². The minimum absolute atomic E-state index is 0.0882. The van der Waals surface area contributed by atoms with Crippen LogP contribution in [0.15, 0.2) is 24.4 Å². The lowest BCUT2D eigenvalue weighted by Gasteiger charge is -2.31. The number of rotatable bonds is 5. The average Bonchev–Trinajstić information content (AvgIpc) is 3.31. The molecule has 2 fully saturated rings. The molecule has 2 aliphatic rings. The zero-order chi connectivity index (χ0) is 17.9. The molecule has 140 valence electrons. The van der Waals surface area contributed by atoms with Crippen LogP contribution < -0.4 is 5.32 Å². The largest absolute Gasteiger partial charge is 0.375 e. The second-order valence-electron chi connectivity index (χ2n) is 7.49. The van der Waals surface area contributed by atoms with Crippen LogP contribution in [0, 0.1) is 0 Å². The fourth-order valence-electron chi connectivity index (χ4n) is 4.32. The molecule has 6 nitrogen and oxygen atoms in total. The first-order chi connectivity index (χ1) is 12.8. The molecule has 1 saturated carbocycles. The van der Waals surface area contributed by atoms with Crippen molar-refractivity contribution in [1.82, 2.24) is 14.3 Å². The van der Waals surface area contributed by atoms with Gasteiger partial charge in [-0.2, -0.15) is 0 Å². The predicted octanol–water partition coefficient (Wildman–Crippen LogP) is 3.04. The quantitative estimate of drug-likeness (QED) is 0.895. The van der Waals surface area contributed by atoms with E-state index in [0.29, 0.717) is 12.0 Å². The Hall–Kier alpha value is -2.08. The minimum Gasteiger partial charge on any atom is -0.375 e. The Kier molecular flexibility index (Phi) is 5.11. The van der Waals surface area contributed by atoms with Crippen LogP contribution in [0.25, 0.3) is 5.65 Å². The van der Waals surface area contributed by atoms with Gasteiger partial charge in [0.05, 0.1) is 5.69 Å². The lowest BCUT2D eigenvalue weighted by molar-refractivity contribution is -0.136. The van der Waals surface area contributed by atoms with Crippen LogP contribution in [-0.4, -0.2) is 53.0 Å². The Balaban J connectivity index is 1.55. The van der Waals surface area contributed by atoms with Gasteiger partial charge >= 0.3 is 0 Å². The molecule has 1 aliphatic heterocycles. The molecule has 0 radical (unpaired) electrons. The zero-order valence-corrected chi connectivity index (χ0v) is 15.5. The van der Waals surface area contributed by atoms with E-state index in [0.717, 1.165) is 37.4 Å². The number of nitrogens with one attached hydrogen (secondary N) is 1. The first-order valence-corrected chi connectivity index (χ1v) is 9.76. The van der Waals surface area contributed by atoms with Gasteiger partial charge in [-0.15, -0.1) is 0 Å². The molecule has 0 bridgehead atoms. The summed E-state index contributed by atoms with van der Waals surface area (Å²) in [4.78, 5) is 18.9. The number of nitrogens with zero attached hydrogens (tertiary/aromatic N) is 3. The molecule has 2 aromatic rings. The van der Waals surface area contributed by atoms with E-state index < -0.39 is 0 Å². The topological polar surface area (TPSA) is 58.9 Å². The normalized spacial score (nSPS) is 19.3. The number of ether oxygens (including phenoxy) is 1. The number of carbonyl (C=O) groups excluding carboxylic acids is 1. The molecule has 1 N–H and O–H groups in total. The van der Waals surface area contributed by atoms with Crippen LogP contribution in [0.4, 0.5) is 5.82 Å². The smallest absolute Gasteiger partial charge is 0.248 e. The Morgan fingerprint density at radius 1 is 1.23 bits per heavy atom. The number of hydrogen-bond acceptors (Lipinski definition) is 4. The third kappa shape index (κ3) is 3.43. The summed E-state index contributed by atoms with van der Waals surface area (Å²) in [5, 5.41) is 3.78. The van der Waals surface area contributed by atoms with Crippen LogP contribution in [0.3, 0.4) is 0 Å². The molecule has 1 aliphatic carbocycles. The number of anilines is 1. The molecule has 26 heavy (non-hydrogen) atoms. The zero-order valence-electron chi connectivity index (χ0n) is 15.5. The lowest BCUT2D eigenvalue weighted by Crippen LogP contribution is -2.40. The van der Waals surface area contributed by atoms with Gasteiger partial charge in [-0.25, -0.2) is 4.98 Å². The van der Waals surface area contributed by atoms with Crippen molar-refractivity contribution in [2.24, 2.45) is 0 Å². The van der Waals surface area contributed by atoms with E-state index in [2.05, 4.69) is 28.0 Å². The van der Waals surface area contributed by atoms with Gasteiger partial charge in [-0.3, -0.25) is 9.20 Å². The molecule has 0 atom stereocenters. The van der Waals surface area contributed by atoms with Gasteiger partial charge in [0, 0.05) is 38.4 Å². The fraction of sp³-hybridized carbons (Fsp3) is 0.600. The molecule has 0 unspecified atom stereocenters. The van der Waals surface area contributed by atoms with Gasteiger partial charge in [-0.1, -0.05) is 18.9 Å². The van der Waals surface area contributed by atoms with Crippen molar-refractivity contribution in [2.45, 2.75) is 50.5 Å². The number of methoxy groups -OCH3 is 1. The maximum absolute atomic E-state index is 12.0. The number of carbonyl (C=O) groups is 1. The van der Waals surface area contributed by atoms with Crippen molar-refractivity contribution < 1.29 is 9.53 Å². The van der Waals surface area contributed by atoms with Crippen LogP contribution in [0.1, 0.15) is 50.1 Å². The molecule has 0 aromatic carbocycles. The molecule has 2 aromatic heterocycles. The van der Waals surface area contributed by atoms with Crippen molar-refractivity contribution >= 4 is 17.4 Å². The second kappa shape index (κ2) is 7.66. The van der Waals surface area contributed by atoms with Crippen LogP contribution in [0.2, 0.25) is 0 Å². The third-order valence-electron chi connectivity index (χ3n) is 5.76. The highest BCUT2D eigenvalue weighted by molar-refractivity contribution is 5.77. The number of amides is 1. The number of piperidine rings is 1. The van der Waals surface area contributed by atoms with Crippen molar-refractivity contribution in [1.29, 1.82) is 0 Å². The molecular formula is C20H28N4O2. The fourth-order valence-corrected chi connectivity index (χ4v) is 4.32. The Bertz CT molecular complexity index is 758. The summed E-state index contributed by atoms with van der Waals surface area (Å²) < 4.78 is 7.18. The maximum Gasteiger partial charge on any atom is 0.248 e. The summed E-state index contributed by atoms with van der Waals surface area (Å²) >= 11 is 0. The van der Waals surface area contributed by atoms with Crippen LogP contribution >= 0.6 is 0 Å². The van der Waals surface area contributed by atoms with Gasteiger partial charge in [0.1, 0.15) is 18.1 Å². The van der Waals surface area contributed by atoms with Gasteiger partial charge in [-0.05, 0) is 37.8 Å². The molecule has 0 spiro atoms. The third-order valence-corrected chi connectivity index (χ3v) is 5.76. The van der Waals surface area contributed by atoms with Gasteiger partial charge in [0.2, 0.25) is 5.91 Å². The van der Waals surface area contributed by atoms with Gasteiger partial charge in [0.15, 0.2) is 0 Å². The molecule has 6 heteroatoms. The highest BCUT2D eigenvalue weighted by Gasteiger charge is 2.29. The van der Waals surface area contributed by atoms with Crippen LogP contribution in [0.5, 0.6) is 0 Å². The van der Waals surface area contributed by atoms with E-state index in [9.17, 15) is 4.79 Å². The highest BCUT2D eigenvalue weighted by Crippen LogP contribution is 2.35. The van der Waals surface area contributed by atoms with E-state index in [1.54, 1.807) is 7.11 Å².